The number of halogens is 1. The molecule has 2 aromatic carbocycles. The molecule has 0 aliphatic carbocycles. The van der Waals surface area contributed by atoms with Crippen molar-refractivity contribution in [3.63, 3.8) is 0 Å². The molecule has 1 saturated heterocycles. The van der Waals surface area contributed by atoms with E-state index in [2.05, 4.69) is 35.6 Å². The Morgan fingerprint density at radius 2 is 2.00 bits per heavy atom. The van der Waals surface area contributed by atoms with Crippen molar-refractivity contribution >= 4 is 28.5 Å². The number of amides is 1. The number of hydrogen-bond donors (Lipinski definition) is 1. The number of rotatable bonds is 2. The highest BCUT2D eigenvalue weighted by Crippen LogP contribution is 2.46. The number of hydrogen-bond acceptors (Lipinski definition) is 3. The Kier molecular flexibility index (Phi) is 4.69. The number of aryl methyl sites for hydroxylation is 1. The molecule has 2 aromatic rings. The van der Waals surface area contributed by atoms with Gasteiger partial charge in [-0.05, 0) is 71.7 Å². The van der Waals surface area contributed by atoms with Crippen LogP contribution in [0, 0.1) is 10.5 Å². The second-order valence-corrected chi connectivity index (χ2v) is 8.52. The third-order valence-electron chi connectivity index (χ3n) is 5.78. The number of benzene rings is 2. The first kappa shape index (κ1) is 17.8. The van der Waals surface area contributed by atoms with E-state index < -0.39 is 0 Å². The van der Waals surface area contributed by atoms with Gasteiger partial charge in [-0.25, -0.2) is 0 Å². The Morgan fingerprint density at radius 3 is 2.69 bits per heavy atom. The molecule has 0 atom stereocenters. The summed E-state index contributed by atoms with van der Waals surface area (Å²) in [5.74, 6) is 1.11. The van der Waals surface area contributed by atoms with E-state index >= 15 is 0 Å². The largest absolute Gasteiger partial charge is 0.492 e. The lowest BCUT2D eigenvalue weighted by Gasteiger charge is -2.38. The number of carbonyl (C=O) groups excluding carboxylic acids is 1. The fourth-order valence-corrected chi connectivity index (χ4v) is 4.51. The molecule has 136 valence electrons. The summed E-state index contributed by atoms with van der Waals surface area (Å²) < 4.78 is 7.09. The van der Waals surface area contributed by atoms with Crippen LogP contribution in [0.25, 0.3) is 0 Å². The van der Waals surface area contributed by atoms with Crippen LogP contribution >= 0.6 is 22.6 Å². The predicted molar refractivity (Wildman–Crippen MR) is 111 cm³/mol. The van der Waals surface area contributed by atoms with Gasteiger partial charge in [0.15, 0.2) is 0 Å². The van der Waals surface area contributed by atoms with Gasteiger partial charge in [0.05, 0.1) is 6.61 Å². The van der Waals surface area contributed by atoms with Crippen molar-refractivity contribution in [3.8, 4) is 5.75 Å². The summed E-state index contributed by atoms with van der Waals surface area (Å²) in [6, 6.07) is 12.2. The maximum Gasteiger partial charge on any atom is 0.253 e. The molecule has 1 spiro atoms. The highest BCUT2D eigenvalue weighted by Gasteiger charge is 2.43. The molecule has 2 aliphatic rings. The maximum absolute atomic E-state index is 12.9. The zero-order valence-corrected chi connectivity index (χ0v) is 17.1. The van der Waals surface area contributed by atoms with Crippen LogP contribution in [-0.2, 0) is 12.0 Å². The quantitative estimate of drug-likeness (QED) is 0.694. The van der Waals surface area contributed by atoms with Gasteiger partial charge in [0, 0.05) is 39.7 Å². The Labute approximate surface area is 167 Å². The van der Waals surface area contributed by atoms with Crippen molar-refractivity contribution < 1.29 is 9.53 Å². The molecule has 4 rings (SSSR count). The summed E-state index contributed by atoms with van der Waals surface area (Å²) in [4.78, 5) is 14.9. The van der Waals surface area contributed by atoms with Crippen LogP contribution in [0.5, 0.6) is 5.75 Å². The summed E-state index contributed by atoms with van der Waals surface area (Å²) in [6.45, 7) is 4.84. The highest BCUT2D eigenvalue weighted by molar-refractivity contribution is 14.1. The molecule has 0 aromatic heterocycles. The molecule has 0 radical (unpaired) electrons. The molecular weight excluding hydrogens is 439 g/mol. The molecule has 2 aliphatic heterocycles. The summed E-state index contributed by atoms with van der Waals surface area (Å²) in [5, 5.41) is 0. The van der Waals surface area contributed by atoms with E-state index in [9.17, 15) is 4.79 Å². The number of ether oxygens (including phenoxy) is 1. The smallest absolute Gasteiger partial charge is 0.253 e. The minimum atomic E-state index is 0.0268. The monoisotopic (exact) mass is 462 g/mol. The van der Waals surface area contributed by atoms with E-state index in [0.29, 0.717) is 13.2 Å². The molecule has 4 nitrogen and oxygen atoms in total. The van der Waals surface area contributed by atoms with E-state index in [1.165, 1.54) is 11.1 Å². The number of likely N-dealkylation sites (tertiary alicyclic amines) is 1. The lowest BCUT2D eigenvalue weighted by molar-refractivity contribution is 0.0646. The second-order valence-electron chi connectivity index (χ2n) is 7.36. The molecule has 0 unspecified atom stereocenters. The number of fused-ring (bicyclic) bond motifs is 2. The zero-order valence-electron chi connectivity index (χ0n) is 14.9. The van der Waals surface area contributed by atoms with E-state index in [1.54, 1.807) is 0 Å². The Bertz CT molecular complexity index is 857. The Hall–Kier alpha value is -1.60. The molecule has 5 heteroatoms. The van der Waals surface area contributed by atoms with Crippen molar-refractivity contribution in [2.45, 2.75) is 31.7 Å². The van der Waals surface area contributed by atoms with Crippen molar-refractivity contribution in [2.75, 3.05) is 19.7 Å². The topological polar surface area (TPSA) is 55.6 Å². The molecule has 0 bridgehead atoms. The molecule has 2 heterocycles. The standard InChI is InChI=1S/C21H23IN2O2/c1-14-2-4-16(11-18(14)22)20(25)24-8-6-21(7-9-24)13-26-19-5-3-15(12-23)10-17(19)21/h2-5,10-11H,6-9,12-13,23H2,1H3. The first-order chi connectivity index (χ1) is 12.5. The molecule has 1 fully saturated rings. The van der Waals surface area contributed by atoms with Crippen LogP contribution in [0.3, 0.4) is 0 Å². The average Bonchev–Trinajstić information content (AvgIpc) is 3.01. The van der Waals surface area contributed by atoms with Gasteiger partial charge < -0.3 is 15.4 Å². The van der Waals surface area contributed by atoms with Crippen molar-refractivity contribution in [1.82, 2.24) is 4.90 Å². The number of carbonyl (C=O) groups is 1. The normalized spacial score (nSPS) is 17.9. The molecule has 1 amide bonds. The van der Waals surface area contributed by atoms with Gasteiger partial charge in [-0.1, -0.05) is 18.2 Å². The molecular formula is C21H23IN2O2. The lowest BCUT2D eigenvalue weighted by Crippen LogP contribution is -2.46. The van der Waals surface area contributed by atoms with Gasteiger partial charge in [-0.2, -0.15) is 0 Å². The van der Waals surface area contributed by atoms with Crippen molar-refractivity contribution in [1.29, 1.82) is 0 Å². The Balaban J connectivity index is 1.52. The molecule has 0 saturated carbocycles. The van der Waals surface area contributed by atoms with E-state index in [4.69, 9.17) is 10.5 Å². The van der Waals surface area contributed by atoms with Gasteiger partial charge >= 0.3 is 0 Å². The van der Waals surface area contributed by atoms with Crippen LogP contribution < -0.4 is 10.5 Å². The van der Waals surface area contributed by atoms with Crippen LogP contribution in [0.15, 0.2) is 36.4 Å². The minimum Gasteiger partial charge on any atom is -0.492 e. The third-order valence-corrected chi connectivity index (χ3v) is 6.94. The summed E-state index contributed by atoms with van der Waals surface area (Å²) >= 11 is 2.29. The van der Waals surface area contributed by atoms with E-state index in [-0.39, 0.29) is 11.3 Å². The van der Waals surface area contributed by atoms with E-state index in [1.807, 2.05) is 35.2 Å². The SMILES string of the molecule is Cc1ccc(C(=O)N2CCC3(CC2)COc2ccc(CN)cc23)cc1I. The van der Waals surface area contributed by atoms with Crippen molar-refractivity contribution in [3.05, 3.63) is 62.2 Å². The van der Waals surface area contributed by atoms with Gasteiger partial charge in [0.2, 0.25) is 0 Å². The number of nitrogens with zero attached hydrogens (tertiary/aromatic N) is 1. The fraction of sp³-hybridized carbons (Fsp3) is 0.381. The molecule has 2 N–H and O–H groups in total. The molecule has 26 heavy (non-hydrogen) atoms. The summed E-state index contributed by atoms with van der Waals surface area (Å²) in [7, 11) is 0. The third kappa shape index (κ3) is 3.01. The van der Waals surface area contributed by atoms with E-state index in [0.717, 1.165) is 46.4 Å². The fourth-order valence-electron chi connectivity index (χ4n) is 4.00. The zero-order chi connectivity index (χ0) is 18.3. The minimum absolute atomic E-state index is 0.0268. The summed E-state index contributed by atoms with van der Waals surface area (Å²) in [5.41, 5.74) is 10.2. The van der Waals surface area contributed by atoms with Gasteiger partial charge in [-0.3, -0.25) is 4.79 Å². The predicted octanol–water partition coefficient (Wildman–Crippen LogP) is 3.62. The van der Waals surface area contributed by atoms with Crippen molar-refractivity contribution in [2.24, 2.45) is 5.73 Å². The number of nitrogens with two attached hydrogens (primary N) is 1. The lowest BCUT2D eigenvalue weighted by atomic mass is 9.74. The average molecular weight is 462 g/mol. The van der Waals surface area contributed by atoms with Gasteiger partial charge in [0.25, 0.3) is 5.91 Å². The van der Waals surface area contributed by atoms with Gasteiger partial charge in [0.1, 0.15) is 5.75 Å². The van der Waals surface area contributed by atoms with Crippen LogP contribution in [0.2, 0.25) is 0 Å². The Morgan fingerprint density at radius 1 is 1.23 bits per heavy atom. The number of piperidine rings is 1. The van der Waals surface area contributed by atoms with Crippen LogP contribution in [0.4, 0.5) is 0 Å². The van der Waals surface area contributed by atoms with Crippen LogP contribution in [0.1, 0.15) is 39.9 Å². The first-order valence-electron chi connectivity index (χ1n) is 9.04. The summed E-state index contributed by atoms with van der Waals surface area (Å²) in [6.07, 6.45) is 1.87. The van der Waals surface area contributed by atoms with Gasteiger partial charge in [-0.15, -0.1) is 0 Å². The highest BCUT2D eigenvalue weighted by atomic mass is 127. The second kappa shape index (κ2) is 6.85. The first-order valence-corrected chi connectivity index (χ1v) is 10.1. The maximum atomic E-state index is 12.9. The van der Waals surface area contributed by atoms with Crippen LogP contribution in [-0.4, -0.2) is 30.5 Å².